The molecule has 4 nitrogen and oxygen atoms in total. The van der Waals surface area contributed by atoms with Gasteiger partial charge in [-0.2, -0.15) is 0 Å². The summed E-state index contributed by atoms with van der Waals surface area (Å²) in [6.07, 6.45) is 5.41. The second kappa shape index (κ2) is 7.67. The number of carbonyl (C=O) groups is 1. The number of alkyl halides is 1. The van der Waals surface area contributed by atoms with Crippen LogP contribution in [0.1, 0.15) is 37.7 Å². The number of likely N-dealkylation sites (tertiary alicyclic amines) is 1. The molecule has 1 amide bonds. The third kappa shape index (κ3) is 4.27. The van der Waals surface area contributed by atoms with Crippen LogP contribution in [-0.2, 0) is 16.1 Å². The van der Waals surface area contributed by atoms with Crippen LogP contribution in [0.25, 0.3) is 0 Å². The number of hydrogen-bond donors (Lipinski definition) is 0. The molecule has 0 atom stereocenters. The molecule has 1 aromatic rings. The van der Waals surface area contributed by atoms with Gasteiger partial charge in [0.15, 0.2) is 0 Å². The molecule has 2 fully saturated rings. The first-order valence-electron chi connectivity index (χ1n) is 8.40. The van der Waals surface area contributed by atoms with Crippen LogP contribution in [0.2, 0.25) is 0 Å². The van der Waals surface area contributed by atoms with Crippen LogP contribution in [0.3, 0.4) is 0 Å². The summed E-state index contributed by atoms with van der Waals surface area (Å²) in [7, 11) is 0. The Morgan fingerprint density at radius 3 is 2.48 bits per heavy atom. The Bertz CT molecular complexity index is 505. The Morgan fingerprint density at radius 2 is 1.91 bits per heavy atom. The molecule has 2 aliphatic rings. The largest absolute Gasteiger partial charge is 0.445 e. The number of hydrogen-bond acceptors (Lipinski definition) is 3. The van der Waals surface area contributed by atoms with E-state index in [1.165, 1.54) is 6.42 Å². The van der Waals surface area contributed by atoms with Crippen LogP contribution in [-0.4, -0.2) is 41.1 Å². The van der Waals surface area contributed by atoms with Gasteiger partial charge in [-0.1, -0.05) is 46.3 Å². The number of benzene rings is 1. The fraction of sp³-hybridized carbons (Fsp3) is 0.611. The molecule has 0 aromatic heterocycles. The monoisotopic (exact) mass is 381 g/mol. The Balaban J connectivity index is 1.40. The van der Waals surface area contributed by atoms with E-state index in [-0.39, 0.29) is 17.8 Å². The van der Waals surface area contributed by atoms with E-state index >= 15 is 0 Å². The van der Waals surface area contributed by atoms with Crippen molar-refractivity contribution in [3.63, 3.8) is 0 Å². The van der Waals surface area contributed by atoms with Crippen molar-refractivity contribution in [3.05, 3.63) is 35.9 Å². The van der Waals surface area contributed by atoms with Crippen molar-refractivity contribution < 1.29 is 14.3 Å². The number of nitrogens with zero attached hydrogens (tertiary/aromatic N) is 1. The lowest BCUT2D eigenvalue weighted by atomic mass is 9.81. The van der Waals surface area contributed by atoms with Gasteiger partial charge in [0, 0.05) is 18.4 Å². The van der Waals surface area contributed by atoms with Gasteiger partial charge in [0.1, 0.15) is 6.61 Å². The Morgan fingerprint density at radius 1 is 1.22 bits per heavy atom. The average Bonchev–Trinajstić information content (AvgIpc) is 2.57. The van der Waals surface area contributed by atoms with Gasteiger partial charge >= 0.3 is 6.09 Å². The van der Waals surface area contributed by atoms with Gasteiger partial charge < -0.3 is 14.4 Å². The molecule has 5 heteroatoms. The van der Waals surface area contributed by atoms with Crippen molar-refractivity contribution in [1.82, 2.24) is 4.90 Å². The number of piperidine rings is 1. The number of carbonyl (C=O) groups excluding carboxylic acids is 1. The van der Waals surface area contributed by atoms with Crippen molar-refractivity contribution in [1.29, 1.82) is 0 Å². The van der Waals surface area contributed by atoms with Crippen molar-refractivity contribution in [2.45, 2.75) is 50.4 Å². The van der Waals surface area contributed by atoms with E-state index in [2.05, 4.69) is 15.9 Å². The lowest BCUT2D eigenvalue weighted by Crippen LogP contribution is -2.48. The molecule has 0 unspecified atom stereocenters. The van der Waals surface area contributed by atoms with E-state index in [0.29, 0.717) is 6.61 Å². The normalized spacial score (nSPS) is 20.8. The fourth-order valence-corrected chi connectivity index (χ4v) is 3.87. The fourth-order valence-electron chi connectivity index (χ4n) is 3.17. The molecule has 1 aliphatic carbocycles. The van der Waals surface area contributed by atoms with Gasteiger partial charge in [-0.25, -0.2) is 4.79 Å². The molecular formula is C18H24BrNO3. The Hall–Kier alpha value is -1.07. The first-order valence-corrected chi connectivity index (χ1v) is 9.52. The number of amides is 1. The van der Waals surface area contributed by atoms with Gasteiger partial charge in [-0.05, 0) is 37.7 Å². The first kappa shape index (κ1) is 16.8. The second-order valence-electron chi connectivity index (χ2n) is 6.51. The van der Waals surface area contributed by atoms with E-state index in [1.807, 2.05) is 30.3 Å². The van der Waals surface area contributed by atoms with Crippen LogP contribution < -0.4 is 0 Å². The maximum absolute atomic E-state index is 12.1. The zero-order chi connectivity index (χ0) is 16.1. The summed E-state index contributed by atoms with van der Waals surface area (Å²) in [4.78, 5) is 13.9. The molecule has 0 radical (unpaired) electrons. The molecule has 0 bridgehead atoms. The quantitative estimate of drug-likeness (QED) is 0.719. The summed E-state index contributed by atoms with van der Waals surface area (Å²) in [5.41, 5.74) is 1.07. The van der Waals surface area contributed by atoms with Crippen molar-refractivity contribution in [2.24, 2.45) is 0 Å². The number of ether oxygens (including phenoxy) is 2. The number of halogens is 1. The summed E-state index contributed by atoms with van der Waals surface area (Å²) in [5.74, 6) is 0. The molecule has 0 N–H and O–H groups in total. The molecule has 0 spiro atoms. The third-order valence-corrected chi connectivity index (χ3v) is 5.85. The van der Waals surface area contributed by atoms with Crippen molar-refractivity contribution in [3.8, 4) is 0 Å². The van der Waals surface area contributed by atoms with Crippen LogP contribution >= 0.6 is 15.9 Å². The van der Waals surface area contributed by atoms with E-state index in [0.717, 1.165) is 49.7 Å². The van der Waals surface area contributed by atoms with Crippen molar-refractivity contribution >= 4 is 22.0 Å². The van der Waals surface area contributed by atoms with Crippen LogP contribution in [0.15, 0.2) is 30.3 Å². The maximum atomic E-state index is 12.1. The van der Waals surface area contributed by atoms with E-state index in [4.69, 9.17) is 9.47 Å². The Kier molecular flexibility index (Phi) is 5.59. The zero-order valence-corrected chi connectivity index (χ0v) is 15.0. The van der Waals surface area contributed by atoms with Gasteiger partial charge in [0.05, 0.1) is 11.7 Å². The van der Waals surface area contributed by atoms with Gasteiger partial charge in [0.2, 0.25) is 0 Å². The molecule has 3 rings (SSSR count). The molecular weight excluding hydrogens is 358 g/mol. The van der Waals surface area contributed by atoms with Crippen LogP contribution in [0, 0.1) is 0 Å². The summed E-state index contributed by atoms with van der Waals surface area (Å²) < 4.78 is 11.7. The second-order valence-corrected chi connectivity index (χ2v) is 7.08. The summed E-state index contributed by atoms with van der Waals surface area (Å²) in [6.45, 7) is 1.77. The van der Waals surface area contributed by atoms with Crippen LogP contribution in [0.4, 0.5) is 4.79 Å². The van der Waals surface area contributed by atoms with E-state index in [1.54, 1.807) is 4.90 Å². The average molecular weight is 382 g/mol. The topological polar surface area (TPSA) is 38.8 Å². The summed E-state index contributed by atoms with van der Waals surface area (Å²) in [5, 5.41) is 0.916. The van der Waals surface area contributed by atoms with E-state index in [9.17, 15) is 4.79 Å². The first-order chi connectivity index (χ1) is 11.2. The van der Waals surface area contributed by atoms with Gasteiger partial charge in [-0.15, -0.1) is 0 Å². The minimum absolute atomic E-state index is 0.0562. The number of rotatable bonds is 5. The van der Waals surface area contributed by atoms with Crippen LogP contribution in [0.5, 0.6) is 0 Å². The van der Waals surface area contributed by atoms with Gasteiger partial charge in [-0.3, -0.25) is 0 Å². The predicted molar refractivity (Wildman–Crippen MR) is 92.7 cm³/mol. The molecule has 1 aliphatic heterocycles. The highest BCUT2D eigenvalue weighted by Crippen LogP contribution is 2.39. The smallest absolute Gasteiger partial charge is 0.410 e. The molecule has 1 saturated heterocycles. The standard InChI is InChI=1S/C18H24BrNO3/c19-14-18(9-4-10-18)23-16-7-11-20(12-8-16)17(21)22-13-15-5-2-1-3-6-15/h1-3,5-6,16H,4,7-14H2. The predicted octanol–water partition coefficient (Wildman–Crippen LogP) is 4.12. The van der Waals surface area contributed by atoms with E-state index < -0.39 is 0 Å². The minimum atomic E-state index is -0.217. The molecule has 1 heterocycles. The maximum Gasteiger partial charge on any atom is 0.410 e. The summed E-state index contributed by atoms with van der Waals surface area (Å²) >= 11 is 3.58. The molecule has 126 valence electrons. The highest BCUT2D eigenvalue weighted by atomic mass is 79.9. The lowest BCUT2D eigenvalue weighted by molar-refractivity contribution is -0.135. The SMILES string of the molecule is O=C(OCc1ccccc1)N1CCC(OC2(CBr)CCC2)CC1. The third-order valence-electron chi connectivity index (χ3n) is 4.83. The lowest BCUT2D eigenvalue weighted by Gasteiger charge is -2.44. The molecule has 1 saturated carbocycles. The highest BCUT2D eigenvalue weighted by molar-refractivity contribution is 9.09. The summed E-state index contributed by atoms with van der Waals surface area (Å²) in [6, 6.07) is 9.79. The Labute approximate surface area is 146 Å². The minimum Gasteiger partial charge on any atom is -0.445 e. The highest BCUT2D eigenvalue weighted by Gasteiger charge is 2.40. The van der Waals surface area contributed by atoms with Crippen molar-refractivity contribution in [2.75, 3.05) is 18.4 Å². The molecule has 23 heavy (non-hydrogen) atoms. The zero-order valence-electron chi connectivity index (χ0n) is 13.4. The molecule has 1 aromatic carbocycles. The van der Waals surface area contributed by atoms with Gasteiger partial charge in [0.25, 0.3) is 0 Å².